The fourth-order valence-electron chi connectivity index (χ4n) is 0.335. The maximum absolute atomic E-state index is 11.9. The molecule has 0 aliphatic heterocycles. The van der Waals surface area contributed by atoms with E-state index in [2.05, 4.69) is 25.4 Å². The second kappa shape index (κ2) is 4.64. The molecule has 0 saturated carbocycles. The zero-order chi connectivity index (χ0) is 9.83. The van der Waals surface area contributed by atoms with Gasteiger partial charge in [-0.05, 0) is 15.9 Å². The molecule has 12 heavy (non-hydrogen) atoms. The van der Waals surface area contributed by atoms with Crippen molar-refractivity contribution < 1.29 is 22.6 Å². The molecule has 0 fully saturated rings. The van der Waals surface area contributed by atoms with Crippen molar-refractivity contribution in [2.45, 2.75) is 10.1 Å². The summed E-state index contributed by atoms with van der Waals surface area (Å²) in [4.78, 5) is 0. The second-order valence-electron chi connectivity index (χ2n) is 1.86. The highest BCUT2D eigenvalue weighted by molar-refractivity contribution is 9.10. The van der Waals surface area contributed by atoms with E-state index in [0.717, 1.165) is 0 Å². The second-order valence-corrected chi connectivity index (χ2v) is 3.96. The lowest BCUT2D eigenvalue weighted by atomic mass is 10.7. The molecule has 0 aromatic carbocycles. The van der Waals surface area contributed by atoms with Crippen LogP contribution in [0.2, 0.25) is 0 Å². The molecule has 0 rings (SSSR count). The molecule has 74 valence electrons. The molecular weight excluding hydrogens is 264 g/mol. The van der Waals surface area contributed by atoms with Crippen molar-refractivity contribution in [2.75, 3.05) is 20.3 Å². The van der Waals surface area contributed by atoms with Crippen LogP contribution < -0.4 is 0 Å². The third-order valence-electron chi connectivity index (χ3n) is 0.901. The van der Waals surface area contributed by atoms with Crippen molar-refractivity contribution in [3.05, 3.63) is 0 Å². The average molecular weight is 271 g/mol. The molecule has 0 spiro atoms. The van der Waals surface area contributed by atoms with Crippen LogP contribution in [-0.4, -0.2) is 30.5 Å². The first-order chi connectivity index (χ1) is 5.31. The summed E-state index contributed by atoms with van der Waals surface area (Å²) in [6.07, 6.45) is -4.65. The van der Waals surface area contributed by atoms with Crippen molar-refractivity contribution in [2.24, 2.45) is 0 Å². The van der Waals surface area contributed by atoms with E-state index in [9.17, 15) is 13.2 Å². The van der Waals surface area contributed by atoms with Crippen molar-refractivity contribution in [1.82, 2.24) is 0 Å². The molecule has 0 heterocycles. The van der Waals surface area contributed by atoms with Gasteiger partial charge in [-0.3, -0.25) is 0 Å². The predicted octanol–water partition coefficient (Wildman–Crippen LogP) is 2.50. The van der Waals surface area contributed by atoms with Gasteiger partial charge < -0.3 is 9.47 Å². The van der Waals surface area contributed by atoms with E-state index in [-0.39, 0.29) is 13.2 Å². The van der Waals surface area contributed by atoms with E-state index < -0.39 is 10.1 Å². The van der Waals surface area contributed by atoms with E-state index in [1.54, 1.807) is 0 Å². The topological polar surface area (TPSA) is 18.5 Å². The predicted molar refractivity (Wildman–Crippen MR) is 41.4 cm³/mol. The van der Waals surface area contributed by atoms with Crippen molar-refractivity contribution in [3.63, 3.8) is 0 Å². The minimum atomic E-state index is -4.65. The first-order valence-corrected chi connectivity index (χ1v) is 4.06. The van der Waals surface area contributed by atoms with Crippen LogP contribution in [0.5, 0.6) is 0 Å². The van der Waals surface area contributed by atoms with Gasteiger partial charge in [0, 0.05) is 7.11 Å². The zero-order valence-corrected chi connectivity index (χ0v) is 8.46. The molecular formula is C5H7BrClF3O2. The van der Waals surface area contributed by atoms with Crippen LogP contribution in [0.15, 0.2) is 0 Å². The largest absolute Gasteiger partial charge is 0.442 e. The molecule has 0 saturated heterocycles. The SMILES string of the molecule is COCCOC(Cl)(Br)C(F)(F)F. The Morgan fingerprint density at radius 2 is 1.83 bits per heavy atom. The number of methoxy groups -OCH3 is 1. The Labute approximate surface area is 81.1 Å². The average Bonchev–Trinajstić information content (AvgIpc) is 1.85. The third kappa shape index (κ3) is 3.93. The van der Waals surface area contributed by atoms with Crippen LogP contribution in [0.25, 0.3) is 0 Å². The van der Waals surface area contributed by atoms with Crippen LogP contribution in [0.3, 0.4) is 0 Å². The van der Waals surface area contributed by atoms with Crippen LogP contribution in [-0.2, 0) is 9.47 Å². The molecule has 0 aliphatic carbocycles. The monoisotopic (exact) mass is 270 g/mol. The van der Waals surface area contributed by atoms with Gasteiger partial charge in [-0.1, -0.05) is 11.6 Å². The number of hydrogen-bond acceptors (Lipinski definition) is 2. The lowest BCUT2D eigenvalue weighted by Gasteiger charge is -2.22. The van der Waals surface area contributed by atoms with Gasteiger partial charge in [-0.2, -0.15) is 13.2 Å². The first kappa shape index (κ1) is 12.5. The van der Waals surface area contributed by atoms with Crippen molar-refractivity contribution in [1.29, 1.82) is 0 Å². The molecule has 0 radical (unpaired) electrons. The molecule has 0 aromatic heterocycles. The van der Waals surface area contributed by atoms with Gasteiger partial charge in [0.05, 0.1) is 13.2 Å². The Hall–Kier alpha value is 0.480. The highest BCUT2D eigenvalue weighted by Gasteiger charge is 2.53. The summed E-state index contributed by atoms with van der Waals surface area (Å²) >= 11 is 7.16. The number of hydrogen-bond donors (Lipinski definition) is 0. The lowest BCUT2D eigenvalue weighted by molar-refractivity contribution is -0.205. The molecule has 1 atom stereocenters. The standard InChI is InChI=1S/C5H7BrClF3O2/c1-11-2-3-12-4(6,7)5(8,9)10/h2-3H2,1H3. The van der Waals surface area contributed by atoms with Gasteiger partial charge in [0.1, 0.15) is 0 Å². The zero-order valence-electron chi connectivity index (χ0n) is 6.12. The molecule has 0 N–H and O–H groups in total. The highest BCUT2D eigenvalue weighted by Crippen LogP contribution is 2.42. The summed E-state index contributed by atoms with van der Waals surface area (Å²) in [6.45, 7) is -0.180. The molecule has 0 aromatic rings. The minimum absolute atomic E-state index is 0.0517. The maximum Gasteiger partial charge on any atom is 0.442 e. The van der Waals surface area contributed by atoms with Gasteiger partial charge in [0.2, 0.25) is 0 Å². The lowest BCUT2D eigenvalue weighted by Crippen LogP contribution is -2.37. The summed E-state index contributed by atoms with van der Waals surface area (Å²) in [7, 11) is 1.35. The number of ether oxygens (including phenoxy) is 2. The molecule has 2 nitrogen and oxygen atoms in total. The summed E-state index contributed by atoms with van der Waals surface area (Å²) in [5.74, 6) is 0. The van der Waals surface area contributed by atoms with E-state index in [1.165, 1.54) is 7.11 Å². The number of halogens is 5. The Morgan fingerprint density at radius 1 is 1.33 bits per heavy atom. The maximum atomic E-state index is 11.9. The highest BCUT2D eigenvalue weighted by atomic mass is 79.9. The van der Waals surface area contributed by atoms with E-state index in [4.69, 9.17) is 11.6 Å². The molecule has 7 heteroatoms. The van der Waals surface area contributed by atoms with Crippen LogP contribution in [0, 0.1) is 0 Å². The quantitative estimate of drug-likeness (QED) is 0.578. The minimum Gasteiger partial charge on any atom is -0.382 e. The third-order valence-corrected chi connectivity index (χ3v) is 1.90. The smallest absolute Gasteiger partial charge is 0.382 e. The normalized spacial score (nSPS) is 17.5. The summed E-state index contributed by atoms with van der Waals surface area (Å²) in [5.41, 5.74) is 0. The molecule has 0 aliphatic rings. The van der Waals surface area contributed by atoms with Crippen LogP contribution in [0.4, 0.5) is 13.2 Å². The fraction of sp³-hybridized carbons (Fsp3) is 1.00. The molecule has 1 unspecified atom stereocenters. The Bertz CT molecular complexity index is 139. The van der Waals surface area contributed by atoms with Gasteiger partial charge in [-0.25, -0.2) is 0 Å². The van der Waals surface area contributed by atoms with Gasteiger partial charge >= 0.3 is 6.18 Å². The Morgan fingerprint density at radius 3 is 2.17 bits per heavy atom. The van der Waals surface area contributed by atoms with E-state index >= 15 is 0 Å². The Balaban J connectivity index is 3.88. The van der Waals surface area contributed by atoms with Crippen LogP contribution >= 0.6 is 27.5 Å². The Kier molecular flexibility index (Phi) is 4.83. The molecule has 0 bridgehead atoms. The first-order valence-electron chi connectivity index (χ1n) is 2.88. The van der Waals surface area contributed by atoms with Crippen LogP contribution in [0.1, 0.15) is 0 Å². The summed E-state index contributed by atoms with van der Waals surface area (Å²) in [6, 6.07) is 0. The van der Waals surface area contributed by atoms with Gasteiger partial charge in [-0.15, -0.1) is 0 Å². The number of rotatable bonds is 4. The number of alkyl halides is 5. The van der Waals surface area contributed by atoms with Gasteiger partial charge in [0.25, 0.3) is 3.97 Å². The summed E-state index contributed by atoms with van der Waals surface area (Å²) in [5, 5.41) is 0. The van der Waals surface area contributed by atoms with Gasteiger partial charge in [0.15, 0.2) is 0 Å². The fourth-order valence-corrected chi connectivity index (χ4v) is 0.574. The van der Waals surface area contributed by atoms with Crippen molar-refractivity contribution in [3.8, 4) is 0 Å². The van der Waals surface area contributed by atoms with E-state index in [0.29, 0.717) is 0 Å². The molecule has 0 amide bonds. The summed E-state index contributed by atoms with van der Waals surface area (Å²) < 4.78 is 41.7. The van der Waals surface area contributed by atoms with Crippen molar-refractivity contribution >= 4 is 27.5 Å². The van der Waals surface area contributed by atoms with E-state index in [1.807, 2.05) is 0 Å².